The van der Waals surface area contributed by atoms with Crippen LogP contribution in [-0.4, -0.2) is 71.5 Å². The molecule has 2 aliphatic rings. The van der Waals surface area contributed by atoms with Gasteiger partial charge < -0.3 is 5.11 Å². The van der Waals surface area contributed by atoms with Gasteiger partial charge in [0.2, 0.25) is 0 Å². The van der Waals surface area contributed by atoms with Crippen LogP contribution < -0.4 is 0 Å². The molecule has 2 atom stereocenters. The number of aromatic nitrogens is 1. The van der Waals surface area contributed by atoms with Gasteiger partial charge in [-0.3, -0.25) is 14.8 Å². The molecule has 0 radical (unpaired) electrons. The molecule has 0 bridgehead atoms. The van der Waals surface area contributed by atoms with Crippen molar-refractivity contribution in [3.05, 3.63) is 36.0 Å². The van der Waals surface area contributed by atoms with Gasteiger partial charge in [0.25, 0.3) is 0 Å². The molecule has 4 rings (SSSR count). The van der Waals surface area contributed by atoms with E-state index in [2.05, 4.69) is 27.8 Å². The summed E-state index contributed by atoms with van der Waals surface area (Å²) in [6.07, 6.45) is 2.88. The number of hydrogen-bond acceptors (Lipinski definition) is 6. The molecule has 2 aromatic rings. The SMILES string of the molecule is CCCN1CCN(Cc2cnc3cc(O)ccc3c2)[C@H]2CS(=O)(=O)C[C@H]21. The lowest BCUT2D eigenvalue weighted by Crippen LogP contribution is -2.58. The van der Waals surface area contributed by atoms with E-state index in [0.29, 0.717) is 6.54 Å². The molecule has 0 aliphatic carbocycles. The maximum atomic E-state index is 12.3. The Morgan fingerprint density at radius 1 is 1.15 bits per heavy atom. The van der Waals surface area contributed by atoms with Crippen LogP contribution in [0.25, 0.3) is 10.9 Å². The molecule has 0 saturated carbocycles. The molecular weight excluding hydrogens is 350 g/mol. The predicted molar refractivity (Wildman–Crippen MR) is 102 cm³/mol. The van der Waals surface area contributed by atoms with Crippen molar-refractivity contribution in [2.45, 2.75) is 32.0 Å². The van der Waals surface area contributed by atoms with E-state index < -0.39 is 9.84 Å². The molecule has 2 saturated heterocycles. The first-order chi connectivity index (χ1) is 12.4. The van der Waals surface area contributed by atoms with Gasteiger partial charge in [-0.2, -0.15) is 0 Å². The number of phenolic OH excluding ortho intramolecular Hbond substituents is 1. The third-order valence-corrected chi connectivity index (χ3v) is 7.23. The Morgan fingerprint density at radius 2 is 1.88 bits per heavy atom. The number of rotatable bonds is 4. The van der Waals surface area contributed by atoms with Crippen LogP contribution in [0, 0.1) is 0 Å². The number of benzene rings is 1. The Labute approximate surface area is 154 Å². The first kappa shape index (κ1) is 17.7. The van der Waals surface area contributed by atoms with E-state index in [9.17, 15) is 13.5 Å². The second-order valence-electron chi connectivity index (χ2n) is 7.44. The van der Waals surface area contributed by atoms with Crippen molar-refractivity contribution >= 4 is 20.7 Å². The summed E-state index contributed by atoms with van der Waals surface area (Å²) in [5, 5.41) is 10.6. The minimum atomic E-state index is -2.97. The quantitative estimate of drug-likeness (QED) is 0.876. The summed E-state index contributed by atoms with van der Waals surface area (Å²) >= 11 is 0. The molecule has 6 nitrogen and oxygen atoms in total. The molecule has 26 heavy (non-hydrogen) atoms. The largest absolute Gasteiger partial charge is 0.508 e. The van der Waals surface area contributed by atoms with Gasteiger partial charge in [0, 0.05) is 49.4 Å². The molecule has 0 unspecified atom stereocenters. The molecule has 140 valence electrons. The molecule has 7 heteroatoms. The van der Waals surface area contributed by atoms with E-state index in [1.165, 1.54) is 0 Å². The number of fused-ring (bicyclic) bond motifs is 2. The summed E-state index contributed by atoms with van der Waals surface area (Å²) in [6, 6.07) is 7.44. The average molecular weight is 375 g/mol. The standard InChI is InChI=1S/C19H25N3O3S/c1-2-5-21-6-7-22(19-13-26(24,25)12-18(19)21)11-14-8-15-3-4-16(23)9-17(15)20-10-14/h3-4,8-10,18-19,23H,2,5-7,11-13H2,1H3/t18-,19+/m1/s1. The molecule has 2 aliphatic heterocycles. The Kier molecular flexibility index (Phi) is 4.62. The third-order valence-electron chi connectivity index (χ3n) is 5.53. The van der Waals surface area contributed by atoms with Gasteiger partial charge in [-0.25, -0.2) is 8.42 Å². The lowest BCUT2D eigenvalue weighted by Gasteiger charge is -2.44. The van der Waals surface area contributed by atoms with Crippen LogP contribution in [0.1, 0.15) is 18.9 Å². The van der Waals surface area contributed by atoms with Crippen molar-refractivity contribution < 1.29 is 13.5 Å². The Balaban J connectivity index is 1.57. The number of piperazine rings is 1. The van der Waals surface area contributed by atoms with E-state index in [0.717, 1.165) is 42.5 Å². The van der Waals surface area contributed by atoms with Gasteiger partial charge in [-0.15, -0.1) is 0 Å². The molecule has 1 aromatic heterocycles. The van der Waals surface area contributed by atoms with Crippen molar-refractivity contribution in [3.63, 3.8) is 0 Å². The second-order valence-corrected chi connectivity index (χ2v) is 9.59. The van der Waals surface area contributed by atoms with Gasteiger partial charge in [0.05, 0.1) is 17.0 Å². The smallest absolute Gasteiger partial charge is 0.153 e. The van der Waals surface area contributed by atoms with Gasteiger partial charge in [-0.05, 0) is 36.7 Å². The number of pyridine rings is 1. The Morgan fingerprint density at radius 3 is 2.65 bits per heavy atom. The number of hydrogen-bond donors (Lipinski definition) is 1. The van der Waals surface area contributed by atoms with E-state index in [1.54, 1.807) is 12.1 Å². The van der Waals surface area contributed by atoms with Crippen LogP contribution in [0.4, 0.5) is 0 Å². The van der Waals surface area contributed by atoms with Crippen LogP contribution in [0.5, 0.6) is 5.75 Å². The monoisotopic (exact) mass is 375 g/mol. The highest BCUT2D eigenvalue weighted by atomic mass is 32.2. The summed E-state index contributed by atoms with van der Waals surface area (Å²) in [4.78, 5) is 9.12. The highest BCUT2D eigenvalue weighted by Crippen LogP contribution is 2.29. The van der Waals surface area contributed by atoms with E-state index >= 15 is 0 Å². The summed E-state index contributed by atoms with van der Waals surface area (Å²) in [7, 11) is -2.97. The number of sulfone groups is 1. The zero-order valence-electron chi connectivity index (χ0n) is 15.0. The second kappa shape index (κ2) is 6.79. The first-order valence-corrected chi connectivity index (χ1v) is 11.0. The number of aromatic hydroxyl groups is 1. The van der Waals surface area contributed by atoms with Crippen LogP contribution in [0.15, 0.2) is 30.5 Å². The fourth-order valence-corrected chi connectivity index (χ4v) is 6.38. The van der Waals surface area contributed by atoms with Crippen LogP contribution in [-0.2, 0) is 16.4 Å². The number of phenols is 1. The van der Waals surface area contributed by atoms with Gasteiger partial charge in [0.15, 0.2) is 9.84 Å². The molecule has 1 N–H and O–H groups in total. The average Bonchev–Trinajstić information content (AvgIpc) is 2.93. The highest BCUT2D eigenvalue weighted by molar-refractivity contribution is 7.91. The molecule has 3 heterocycles. The van der Waals surface area contributed by atoms with E-state index in [4.69, 9.17) is 0 Å². The van der Waals surface area contributed by atoms with Crippen molar-refractivity contribution in [3.8, 4) is 5.75 Å². The van der Waals surface area contributed by atoms with E-state index in [-0.39, 0.29) is 29.3 Å². The minimum Gasteiger partial charge on any atom is -0.508 e. The fraction of sp³-hybridized carbons (Fsp3) is 0.526. The zero-order valence-corrected chi connectivity index (χ0v) is 15.8. The van der Waals surface area contributed by atoms with Crippen molar-refractivity contribution in [2.75, 3.05) is 31.1 Å². The zero-order chi connectivity index (χ0) is 18.3. The summed E-state index contributed by atoms with van der Waals surface area (Å²) < 4.78 is 24.5. The summed E-state index contributed by atoms with van der Waals surface area (Å²) in [5.41, 5.74) is 1.85. The van der Waals surface area contributed by atoms with Gasteiger partial charge in [0.1, 0.15) is 5.75 Å². The lowest BCUT2D eigenvalue weighted by atomic mass is 10.0. The Hall–Kier alpha value is -1.70. The molecule has 2 fully saturated rings. The minimum absolute atomic E-state index is 0.0656. The molecule has 0 spiro atoms. The maximum Gasteiger partial charge on any atom is 0.153 e. The first-order valence-electron chi connectivity index (χ1n) is 9.21. The predicted octanol–water partition coefficient (Wildman–Crippen LogP) is 1.63. The molecular formula is C19H25N3O3S. The maximum absolute atomic E-state index is 12.3. The topological polar surface area (TPSA) is 73.7 Å². The van der Waals surface area contributed by atoms with Gasteiger partial charge in [-0.1, -0.05) is 6.92 Å². The fourth-order valence-electron chi connectivity index (χ4n) is 4.33. The normalized spacial score (nSPS) is 26.2. The van der Waals surface area contributed by atoms with Gasteiger partial charge >= 0.3 is 0 Å². The third kappa shape index (κ3) is 3.43. The number of nitrogens with zero attached hydrogens (tertiary/aromatic N) is 3. The molecule has 1 aromatic carbocycles. The van der Waals surface area contributed by atoms with Crippen molar-refractivity contribution in [2.24, 2.45) is 0 Å². The van der Waals surface area contributed by atoms with Crippen LogP contribution >= 0.6 is 0 Å². The van der Waals surface area contributed by atoms with E-state index in [1.807, 2.05) is 12.3 Å². The van der Waals surface area contributed by atoms with Crippen molar-refractivity contribution in [1.82, 2.24) is 14.8 Å². The molecule has 0 amide bonds. The summed E-state index contributed by atoms with van der Waals surface area (Å²) in [6.45, 7) is 5.61. The lowest BCUT2D eigenvalue weighted by molar-refractivity contribution is 0.0405. The summed E-state index contributed by atoms with van der Waals surface area (Å²) in [5.74, 6) is 0.750. The van der Waals surface area contributed by atoms with Crippen molar-refractivity contribution in [1.29, 1.82) is 0 Å². The van der Waals surface area contributed by atoms with Crippen LogP contribution in [0.3, 0.4) is 0 Å². The highest BCUT2D eigenvalue weighted by Gasteiger charge is 2.46. The van der Waals surface area contributed by atoms with Crippen LogP contribution in [0.2, 0.25) is 0 Å². The Bertz CT molecular complexity index is 915.